The Morgan fingerprint density at radius 1 is 1.10 bits per heavy atom. The van der Waals surface area contributed by atoms with Crippen LogP contribution in [0.25, 0.3) is 0 Å². The van der Waals surface area contributed by atoms with E-state index in [4.69, 9.17) is 4.74 Å². The Kier molecular flexibility index (Phi) is 5.24. The molecule has 1 rings (SSSR count). The molecular formula is C11H15F6OPS. The molecule has 9 heteroatoms. The van der Waals surface area contributed by atoms with Gasteiger partial charge in [-0.25, -0.2) is 0 Å². The molecule has 0 aliphatic heterocycles. The van der Waals surface area contributed by atoms with Crippen molar-refractivity contribution in [3.8, 4) is 5.75 Å². The first-order chi connectivity index (χ1) is 8.60. The zero-order chi connectivity index (χ0) is 16.3. The topological polar surface area (TPSA) is 9.23 Å². The Labute approximate surface area is 118 Å². The number of hydrogen-bond donors (Lipinski definition) is 0. The van der Waals surface area contributed by atoms with E-state index in [9.17, 15) is 25.2 Å². The average Bonchev–Trinajstić information content (AvgIpc) is 2.10. The summed E-state index contributed by atoms with van der Waals surface area (Å²) in [5, 5.41) is 0. The SMILES string of the molecule is C=CCOc1c(C)cc([SH2+])cc1C.F[P-](F)(F)(F)(F)F. The quantitative estimate of drug-likeness (QED) is 0.300. The van der Waals surface area contributed by atoms with Crippen LogP contribution in [0.2, 0.25) is 0 Å². The first kappa shape index (κ1) is 19.1. The standard InChI is InChI=1S/C11H14OS.F6P/c1-4-5-12-11-8(2)6-10(13)7-9(11)3;1-7(2,3,4,5)6/h4,6-7,13H,1,5H2,2-3H3;/q;-1/p+1. The van der Waals surface area contributed by atoms with Crippen molar-refractivity contribution >= 4 is 20.4 Å². The maximum atomic E-state index is 9.87. The number of ether oxygens (including phenoxy) is 1. The summed E-state index contributed by atoms with van der Waals surface area (Å²) in [4.78, 5) is 1.08. The molecule has 20 heavy (non-hydrogen) atoms. The van der Waals surface area contributed by atoms with Crippen LogP contribution in [0.15, 0.2) is 29.7 Å². The Bertz CT molecular complexity index is 462. The van der Waals surface area contributed by atoms with E-state index in [1.807, 2.05) is 26.0 Å². The van der Waals surface area contributed by atoms with E-state index in [0.29, 0.717) is 6.61 Å². The van der Waals surface area contributed by atoms with Crippen LogP contribution in [-0.2, 0) is 12.6 Å². The van der Waals surface area contributed by atoms with Gasteiger partial charge in [-0.3, -0.25) is 0 Å². The number of rotatable bonds is 3. The molecule has 0 saturated heterocycles. The average molecular weight is 340 g/mol. The van der Waals surface area contributed by atoms with Crippen LogP contribution in [0.4, 0.5) is 25.2 Å². The third-order valence-electron chi connectivity index (χ3n) is 1.81. The van der Waals surface area contributed by atoms with Gasteiger partial charge in [-0.1, -0.05) is 12.7 Å². The van der Waals surface area contributed by atoms with E-state index < -0.39 is 7.81 Å². The Morgan fingerprint density at radius 2 is 1.45 bits per heavy atom. The van der Waals surface area contributed by atoms with E-state index in [-0.39, 0.29) is 0 Å². The van der Waals surface area contributed by atoms with Crippen LogP contribution in [0.1, 0.15) is 11.1 Å². The minimum atomic E-state index is -10.7. The van der Waals surface area contributed by atoms with Crippen molar-refractivity contribution in [3.05, 3.63) is 35.9 Å². The summed E-state index contributed by atoms with van der Waals surface area (Å²) in [6.45, 7) is 8.25. The molecule has 0 unspecified atom stereocenters. The van der Waals surface area contributed by atoms with Gasteiger partial charge in [-0.2, -0.15) is 0 Å². The normalized spacial score (nSPS) is 14.4. The van der Waals surface area contributed by atoms with Gasteiger partial charge in [0, 0.05) is 0 Å². The van der Waals surface area contributed by atoms with Crippen molar-refractivity contribution in [2.75, 3.05) is 6.61 Å². The maximum absolute atomic E-state index is 10.7. The Hall–Kier alpha value is -0.880. The molecule has 0 aliphatic carbocycles. The van der Waals surface area contributed by atoms with E-state index >= 15 is 0 Å². The summed E-state index contributed by atoms with van der Waals surface area (Å²) in [5.41, 5.74) is 2.29. The van der Waals surface area contributed by atoms with Crippen molar-refractivity contribution in [1.29, 1.82) is 0 Å². The van der Waals surface area contributed by atoms with E-state index in [2.05, 4.69) is 19.2 Å². The predicted octanol–water partition coefficient (Wildman–Crippen LogP) is 5.62. The summed E-state index contributed by atoms with van der Waals surface area (Å²) in [5.74, 6) is 0.960. The molecule has 0 atom stereocenters. The fourth-order valence-electron chi connectivity index (χ4n) is 1.32. The summed E-state index contributed by atoms with van der Waals surface area (Å²) >= 11 is 3.49. The van der Waals surface area contributed by atoms with Gasteiger partial charge >= 0.3 is 33.0 Å². The van der Waals surface area contributed by atoms with Gasteiger partial charge in [-0.05, 0) is 49.7 Å². The molecule has 0 aliphatic rings. The van der Waals surface area contributed by atoms with E-state index in [1.165, 1.54) is 0 Å². The van der Waals surface area contributed by atoms with Crippen LogP contribution in [-0.4, -0.2) is 6.61 Å². The summed E-state index contributed by atoms with van der Waals surface area (Å²) < 4.78 is 64.7. The van der Waals surface area contributed by atoms with Gasteiger partial charge in [0.25, 0.3) is 0 Å². The number of hydrogen-bond acceptors (Lipinski definition) is 1. The zero-order valence-corrected chi connectivity index (χ0v) is 12.7. The summed E-state index contributed by atoms with van der Waals surface area (Å²) in [6, 6.07) is 4.09. The fraction of sp³-hybridized carbons (Fsp3) is 0.273. The van der Waals surface area contributed by atoms with Crippen LogP contribution in [0.5, 0.6) is 5.75 Å². The second-order valence-electron chi connectivity index (χ2n) is 4.00. The Morgan fingerprint density at radius 3 is 1.75 bits per heavy atom. The molecule has 0 saturated carbocycles. The van der Waals surface area contributed by atoms with Gasteiger partial charge in [-0.15, -0.1) is 0 Å². The number of benzene rings is 1. The molecule has 1 nitrogen and oxygen atoms in total. The first-order valence-corrected chi connectivity index (χ1v) is 7.76. The van der Waals surface area contributed by atoms with Crippen LogP contribution >= 0.6 is 7.81 Å². The first-order valence-electron chi connectivity index (χ1n) is 5.23. The summed E-state index contributed by atoms with van der Waals surface area (Å²) in [6.07, 6.45) is 1.75. The molecule has 0 spiro atoms. The molecule has 0 N–H and O–H groups in total. The van der Waals surface area contributed by atoms with Gasteiger partial charge < -0.3 is 4.74 Å². The fourth-order valence-corrected chi connectivity index (χ4v) is 1.75. The number of halogens is 6. The second-order valence-corrected chi connectivity index (χ2v) is 6.49. The van der Waals surface area contributed by atoms with Crippen molar-refractivity contribution in [3.63, 3.8) is 0 Å². The zero-order valence-electron chi connectivity index (χ0n) is 10.8. The van der Waals surface area contributed by atoms with Gasteiger partial charge in [0.15, 0.2) is 4.90 Å². The molecule has 0 heterocycles. The van der Waals surface area contributed by atoms with Gasteiger partial charge in [0.2, 0.25) is 0 Å². The van der Waals surface area contributed by atoms with Crippen LogP contribution < -0.4 is 4.74 Å². The van der Waals surface area contributed by atoms with Crippen LogP contribution in [0, 0.1) is 13.8 Å². The molecule has 0 bridgehead atoms. The molecule has 0 radical (unpaired) electrons. The monoisotopic (exact) mass is 340 g/mol. The predicted molar refractivity (Wildman–Crippen MR) is 73.6 cm³/mol. The summed E-state index contributed by atoms with van der Waals surface area (Å²) in [7, 11) is -10.7. The van der Waals surface area contributed by atoms with Crippen LogP contribution in [0.3, 0.4) is 0 Å². The van der Waals surface area contributed by atoms with Gasteiger partial charge in [0.1, 0.15) is 12.4 Å². The third kappa shape index (κ3) is 12.2. The van der Waals surface area contributed by atoms with E-state index in [1.54, 1.807) is 6.08 Å². The molecule has 1 aromatic rings. The molecular weight excluding hydrogens is 325 g/mol. The van der Waals surface area contributed by atoms with Crippen molar-refractivity contribution < 1.29 is 29.9 Å². The van der Waals surface area contributed by atoms with E-state index in [0.717, 1.165) is 21.8 Å². The third-order valence-corrected chi connectivity index (χ3v) is 2.09. The van der Waals surface area contributed by atoms with Crippen molar-refractivity contribution in [2.24, 2.45) is 0 Å². The van der Waals surface area contributed by atoms with Crippen molar-refractivity contribution in [2.45, 2.75) is 18.7 Å². The molecule has 0 fully saturated rings. The molecule has 0 amide bonds. The minimum absolute atomic E-state index is 0.558. The molecule has 118 valence electrons. The molecule has 1 aromatic carbocycles. The van der Waals surface area contributed by atoms with Gasteiger partial charge in [0.05, 0.1) is 0 Å². The number of aryl methyl sites for hydroxylation is 2. The molecule has 0 aromatic heterocycles. The van der Waals surface area contributed by atoms with Crippen molar-refractivity contribution in [1.82, 2.24) is 0 Å². The Balaban J connectivity index is 0.000000441. The second kappa shape index (κ2) is 5.48.